The summed E-state index contributed by atoms with van der Waals surface area (Å²) in [6, 6.07) is 5.09. The Balaban J connectivity index is 1.93. The Hall–Kier alpha value is -1.91. The Bertz CT molecular complexity index is 720. The minimum Gasteiger partial charge on any atom is -0.348 e. The van der Waals surface area contributed by atoms with Crippen molar-refractivity contribution in [1.82, 2.24) is 9.97 Å². The van der Waals surface area contributed by atoms with E-state index in [2.05, 4.69) is 15.0 Å². The van der Waals surface area contributed by atoms with E-state index in [1.165, 1.54) is 6.33 Å². The number of aromatic amines is 1. The molecule has 1 N–H and O–H groups in total. The van der Waals surface area contributed by atoms with Crippen LogP contribution < -0.4 is 0 Å². The number of imidazole rings is 1. The van der Waals surface area contributed by atoms with E-state index in [-0.39, 0.29) is 5.91 Å². The smallest absolute Gasteiger partial charge is 0.259 e. The van der Waals surface area contributed by atoms with Crippen molar-refractivity contribution in [2.75, 3.05) is 0 Å². The van der Waals surface area contributed by atoms with Gasteiger partial charge in [-0.3, -0.25) is 4.79 Å². The second kappa shape index (κ2) is 5.23. The maximum Gasteiger partial charge on any atom is 0.259 e. The second-order valence-electron chi connectivity index (χ2n) is 4.30. The predicted molar refractivity (Wildman–Crippen MR) is 78.5 cm³/mol. The molecule has 0 spiro atoms. The maximum atomic E-state index is 12.1. The van der Waals surface area contributed by atoms with Crippen LogP contribution in [-0.2, 0) is 4.79 Å². The van der Waals surface area contributed by atoms with E-state index < -0.39 is 5.92 Å². The second-order valence-corrected chi connectivity index (χ2v) is 5.15. The van der Waals surface area contributed by atoms with Gasteiger partial charge in [-0.05, 0) is 24.3 Å². The highest BCUT2D eigenvalue weighted by molar-refractivity contribution is 6.38. The number of aromatic nitrogens is 2. The SMILES string of the molecule is O=C1N=C(c2ccc(Cl)cc2Cl)C=CC1c1cnc[nH]1. The number of H-pyrrole nitrogens is 1. The molecule has 1 aliphatic rings. The van der Waals surface area contributed by atoms with Crippen LogP contribution in [0.5, 0.6) is 0 Å². The third-order valence-electron chi connectivity index (χ3n) is 3.00. The third-order valence-corrected chi connectivity index (χ3v) is 3.55. The van der Waals surface area contributed by atoms with Gasteiger partial charge in [0, 0.05) is 16.8 Å². The number of carbonyl (C=O) groups excluding carboxylic acids is 1. The number of rotatable bonds is 2. The van der Waals surface area contributed by atoms with Crippen molar-refractivity contribution in [3.05, 3.63) is 64.2 Å². The van der Waals surface area contributed by atoms with Gasteiger partial charge in [0.05, 0.1) is 22.8 Å². The molecule has 0 saturated carbocycles. The monoisotopic (exact) mass is 305 g/mol. The minimum absolute atomic E-state index is 0.252. The number of hydrogen-bond donors (Lipinski definition) is 1. The predicted octanol–water partition coefficient (Wildman–Crippen LogP) is 3.39. The molecule has 1 unspecified atom stereocenters. The zero-order valence-electron chi connectivity index (χ0n) is 10.2. The first-order chi connectivity index (χ1) is 9.65. The van der Waals surface area contributed by atoms with Crippen molar-refractivity contribution >= 4 is 34.8 Å². The molecular weight excluding hydrogens is 297 g/mol. The fourth-order valence-electron chi connectivity index (χ4n) is 2.02. The van der Waals surface area contributed by atoms with E-state index in [9.17, 15) is 4.79 Å². The van der Waals surface area contributed by atoms with Gasteiger partial charge in [0.25, 0.3) is 5.91 Å². The number of aliphatic imine (C=N–C) groups is 1. The highest BCUT2D eigenvalue weighted by Crippen LogP contribution is 2.26. The molecule has 1 atom stereocenters. The van der Waals surface area contributed by atoms with E-state index in [0.717, 1.165) is 5.69 Å². The molecule has 0 saturated heterocycles. The zero-order valence-corrected chi connectivity index (χ0v) is 11.7. The number of carbonyl (C=O) groups is 1. The standard InChI is InChI=1S/C14H9Cl2N3O/c15-8-1-2-9(11(16)5-8)12-4-3-10(14(20)19-12)13-6-17-7-18-13/h1-7,10H,(H,17,18). The minimum atomic E-state index is -0.424. The lowest BCUT2D eigenvalue weighted by Gasteiger charge is -2.13. The van der Waals surface area contributed by atoms with Crippen LogP contribution in [-0.4, -0.2) is 21.6 Å². The molecule has 100 valence electrons. The molecule has 4 nitrogen and oxygen atoms in total. The molecule has 2 heterocycles. The van der Waals surface area contributed by atoms with Gasteiger partial charge in [-0.15, -0.1) is 0 Å². The van der Waals surface area contributed by atoms with Crippen molar-refractivity contribution in [2.45, 2.75) is 5.92 Å². The molecule has 1 amide bonds. The highest BCUT2D eigenvalue weighted by Gasteiger charge is 2.23. The van der Waals surface area contributed by atoms with Crippen molar-refractivity contribution in [3.8, 4) is 0 Å². The van der Waals surface area contributed by atoms with E-state index in [1.54, 1.807) is 36.5 Å². The molecule has 6 heteroatoms. The molecular formula is C14H9Cl2N3O. The third kappa shape index (κ3) is 2.40. The van der Waals surface area contributed by atoms with E-state index in [4.69, 9.17) is 23.2 Å². The van der Waals surface area contributed by atoms with Gasteiger partial charge in [0.15, 0.2) is 0 Å². The summed E-state index contributed by atoms with van der Waals surface area (Å²) in [5.74, 6) is -0.676. The number of allylic oxidation sites excluding steroid dienone is 1. The summed E-state index contributed by atoms with van der Waals surface area (Å²) in [7, 11) is 0. The molecule has 2 aromatic rings. The van der Waals surface area contributed by atoms with Crippen LogP contribution in [0.1, 0.15) is 17.2 Å². The van der Waals surface area contributed by atoms with Crippen LogP contribution in [0.15, 0.2) is 47.9 Å². The van der Waals surface area contributed by atoms with Crippen molar-refractivity contribution < 1.29 is 4.79 Å². The van der Waals surface area contributed by atoms with Gasteiger partial charge in [-0.2, -0.15) is 0 Å². The number of nitrogens with zero attached hydrogens (tertiary/aromatic N) is 2. The Labute approximate surface area is 125 Å². The van der Waals surface area contributed by atoms with Gasteiger partial charge < -0.3 is 4.98 Å². The molecule has 0 bridgehead atoms. The van der Waals surface area contributed by atoms with Crippen LogP contribution in [0.3, 0.4) is 0 Å². The summed E-state index contributed by atoms with van der Waals surface area (Å²) in [6.07, 6.45) is 6.71. The molecule has 1 aliphatic heterocycles. The largest absolute Gasteiger partial charge is 0.348 e. The summed E-state index contributed by atoms with van der Waals surface area (Å²) in [5.41, 5.74) is 1.94. The molecule has 1 aromatic heterocycles. The normalized spacial score (nSPS) is 18.2. The topological polar surface area (TPSA) is 58.1 Å². The van der Waals surface area contributed by atoms with Crippen LogP contribution in [0.4, 0.5) is 0 Å². The van der Waals surface area contributed by atoms with Gasteiger partial charge in [-0.25, -0.2) is 9.98 Å². The first-order valence-electron chi connectivity index (χ1n) is 5.89. The quantitative estimate of drug-likeness (QED) is 0.924. The number of benzene rings is 1. The van der Waals surface area contributed by atoms with Crippen molar-refractivity contribution in [2.24, 2.45) is 4.99 Å². The first-order valence-corrected chi connectivity index (χ1v) is 6.65. The average Bonchev–Trinajstić information content (AvgIpc) is 2.92. The van der Waals surface area contributed by atoms with Gasteiger partial charge >= 0.3 is 0 Å². The number of amides is 1. The van der Waals surface area contributed by atoms with Crippen LogP contribution in [0.2, 0.25) is 10.0 Å². The Kier molecular flexibility index (Phi) is 3.42. The van der Waals surface area contributed by atoms with Crippen LogP contribution >= 0.6 is 23.2 Å². The van der Waals surface area contributed by atoms with E-state index in [0.29, 0.717) is 21.3 Å². The highest BCUT2D eigenvalue weighted by atomic mass is 35.5. The fraction of sp³-hybridized carbons (Fsp3) is 0.0714. The summed E-state index contributed by atoms with van der Waals surface area (Å²) in [4.78, 5) is 23.0. The number of halogens is 2. The molecule has 0 radical (unpaired) electrons. The summed E-state index contributed by atoms with van der Waals surface area (Å²) < 4.78 is 0. The summed E-state index contributed by atoms with van der Waals surface area (Å²) in [6.45, 7) is 0. The zero-order chi connectivity index (χ0) is 14.1. The van der Waals surface area contributed by atoms with E-state index in [1.807, 2.05) is 0 Å². The first kappa shape index (κ1) is 13.1. The molecule has 0 aliphatic carbocycles. The lowest BCUT2D eigenvalue weighted by Crippen LogP contribution is -2.16. The van der Waals surface area contributed by atoms with Crippen molar-refractivity contribution in [1.29, 1.82) is 0 Å². The summed E-state index contributed by atoms with van der Waals surface area (Å²) >= 11 is 12.0. The van der Waals surface area contributed by atoms with Gasteiger partial charge in [-0.1, -0.05) is 29.3 Å². The van der Waals surface area contributed by atoms with Crippen molar-refractivity contribution in [3.63, 3.8) is 0 Å². The molecule has 20 heavy (non-hydrogen) atoms. The average molecular weight is 306 g/mol. The molecule has 3 rings (SSSR count). The summed E-state index contributed by atoms with van der Waals surface area (Å²) in [5, 5.41) is 1.01. The maximum absolute atomic E-state index is 12.1. The lowest BCUT2D eigenvalue weighted by atomic mass is 9.99. The Morgan fingerprint density at radius 2 is 2.10 bits per heavy atom. The Morgan fingerprint density at radius 3 is 2.75 bits per heavy atom. The lowest BCUT2D eigenvalue weighted by molar-refractivity contribution is -0.118. The number of hydrogen-bond acceptors (Lipinski definition) is 2. The van der Waals surface area contributed by atoms with Gasteiger partial charge in [0.2, 0.25) is 0 Å². The van der Waals surface area contributed by atoms with E-state index >= 15 is 0 Å². The molecule has 0 fully saturated rings. The van der Waals surface area contributed by atoms with Gasteiger partial charge in [0.1, 0.15) is 5.92 Å². The fourth-order valence-corrected chi connectivity index (χ4v) is 2.52. The molecule has 1 aromatic carbocycles. The van der Waals surface area contributed by atoms with Crippen LogP contribution in [0, 0.1) is 0 Å². The number of dihydropyridines is 1. The number of nitrogens with one attached hydrogen (secondary N) is 1. The van der Waals surface area contributed by atoms with Crippen LogP contribution in [0.25, 0.3) is 0 Å². The Morgan fingerprint density at radius 1 is 1.25 bits per heavy atom.